The van der Waals surface area contributed by atoms with Crippen molar-refractivity contribution in [2.24, 2.45) is 0 Å². The monoisotopic (exact) mass is 621 g/mol. The lowest BCUT2D eigenvalue weighted by atomic mass is 10.1. The van der Waals surface area contributed by atoms with Gasteiger partial charge in [0.25, 0.3) is 5.56 Å². The van der Waals surface area contributed by atoms with Gasteiger partial charge in [-0.2, -0.15) is 0 Å². The Labute approximate surface area is 261 Å². The van der Waals surface area contributed by atoms with Crippen LogP contribution in [0.15, 0.2) is 46.0 Å². The number of ether oxygens (including phenoxy) is 3. The highest BCUT2D eigenvalue weighted by atomic mass is 35.5. The van der Waals surface area contributed by atoms with E-state index in [1.165, 1.54) is 17.4 Å². The Hall–Kier alpha value is -3.47. The van der Waals surface area contributed by atoms with Crippen LogP contribution in [-0.4, -0.2) is 49.3 Å². The lowest BCUT2D eigenvalue weighted by Crippen LogP contribution is -2.40. The summed E-state index contributed by atoms with van der Waals surface area (Å²) < 4.78 is 22.5. The molecule has 4 aromatic rings. The zero-order valence-corrected chi connectivity index (χ0v) is 26.2. The van der Waals surface area contributed by atoms with Crippen LogP contribution in [0.1, 0.15) is 69.5 Å². The Kier molecular flexibility index (Phi) is 9.49. The van der Waals surface area contributed by atoms with Gasteiger partial charge in [-0.3, -0.25) is 13.9 Å². The van der Waals surface area contributed by atoms with Crippen LogP contribution in [0.2, 0.25) is 5.02 Å². The van der Waals surface area contributed by atoms with Crippen LogP contribution >= 0.6 is 11.6 Å². The van der Waals surface area contributed by atoms with Gasteiger partial charge in [-0.05, 0) is 89.0 Å². The Bertz CT molecular complexity index is 1720. The first-order chi connectivity index (χ1) is 21.4. The van der Waals surface area contributed by atoms with Gasteiger partial charge in [0.2, 0.25) is 5.88 Å². The van der Waals surface area contributed by atoms with E-state index in [2.05, 4.69) is 0 Å². The van der Waals surface area contributed by atoms with Crippen molar-refractivity contribution in [2.45, 2.75) is 97.2 Å². The summed E-state index contributed by atoms with van der Waals surface area (Å²) >= 11 is 6.18. The third kappa shape index (κ3) is 6.48. The summed E-state index contributed by atoms with van der Waals surface area (Å²) in [5, 5.41) is 0.630. The van der Waals surface area contributed by atoms with Gasteiger partial charge in [0, 0.05) is 42.9 Å². The number of hydrogen-bond donors (Lipinski definition) is 0. The molecule has 2 fully saturated rings. The van der Waals surface area contributed by atoms with E-state index in [1.807, 2.05) is 54.8 Å². The normalized spacial score (nSPS) is 17.5. The van der Waals surface area contributed by atoms with Gasteiger partial charge in [0.05, 0.1) is 12.3 Å². The smallest absolute Gasteiger partial charge is 0.332 e. The summed E-state index contributed by atoms with van der Waals surface area (Å²) in [5.74, 6) is 1.16. The second-order valence-corrected chi connectivity index (χ2v) is 12.1. The average Bonchev–Trinajstić information content (AvgIpc) is 3.67. The van der Waals surface area contributed by atoms with E-state index in [0.29, 0.717) is 60.6 Å². The molecule has 44 heavy (non-hydrogen) atoms. The van der Waals surface area contributed by atoms with Crippen LogP contribution in [0.25, 0.3) is 22.6 Å². The lowest BCUT2D eigenvalue weighted by Gasteiger charge is -2.22. The van der Waals surface area contributed by atoms with E-state index in [4.69, 9.17) is 35.8 Å². The van der Waals surface area contributed by atoms with Crippen LogP contribution in [0, 0.1) is 6.92 Å². The van der Waals surface area contributed by atoms with Crippen molar-refractivity contribution >= 4 is 22.8 Å². The molecule has 0 spiro atoms. The van der Waals surface area contributed by atoms with Gasteiger partial charge < -0.3 is 18.8 Å². The largest absolute Gasteiger partial charge is 0.474 e. The van der Waals surface area contributed by atoms with Crippen molar-refractivity contribution in [3.63, 3.8) is 0 Å². The van der Waals surface area contributed by atoms with Crippen molar-refractivity contribution in [2.75, 3.05) is 13.2 Å². The molecule has 4 heterocycles. The highest BCUT2D eigenvalue weighted by Crippen LogP contribution is 2.29. The van der Waals surface area contributed by atoms with Gasteiger partial charge in [0.15, 0.2) is 17.5 Å². The number of fused-ring (bicyclic) bond motifs is 1. The first-order valence-electron chi connectivity index (χ1n) is 15.8. The minimum Gasteiger partial charge on any atom is -0.474 e. The molecule has 0 N–H and O–H groups in total. The van der Waals surface area contributed by atoms with Crippen molar-refractivity contribution < 1.29 is 14.2 Å². The third-order valence-electron chi connectivity index (χ3n) is 8.54. The van der Waals surface area contributed by atoms with Crippen molar-refractivity contribution in [3.8, 4) is 17.3 Å². The first-order valence-corrected chi connectivity index (χ1v) is 16.2. The summed E-state index contributed by atoms with van der Waals surface area (Å²) in [7, 11) is 0. The van der Waals surface area contributed by atoms with Gasteiger partial charge in [-0.25, -0.2) is 14.8 Å². The minimum absolute atomic E-state index is 0.195. The molecule has 1 saturated heterocycles. The molecule has 1 atom stereocenters. The Balaban J connectivity index is 1.40. The van der Waals surface area contributed by atoms with Gasteiger partial charge in [0.1, 0.15) is 11.9 Å². The molecule has 0 radical (unpaired) electrons. The highest BCUT2D eigenvalue weighted by molar-refractivity contribution is 6.30. The summed E-state index contributed by atoms with van der Waals surface area (Å²) in [4.78, 5) is 37.5. The maximum atomic E-state index is 14.1. The molecule has 1 unspecified atom stereocenters. The number of hydrogen-bond acceptors (Lipinski definition) is 7. The van der Waals surface area contributed by atoms with E-state index in [0.717, 1.165) is 48.9 Å². The molecular weight excluding hydrogens is 582 g/mol. The molecule has 1 aromatic carbocycles. The maximum absolute atomic E-state index is 14.1. The topological polar surface area (TPSA) is 102 Å². The van der Waals surface area contributed by atoms with E-state index in [-0.39, 0.29) is 30.2 Å². The maximum Gasteiger partial charge on any atom is 0.332 e. The quantitative estimate of drug-likeness (QED) is 0.198. The summed E-state index contributed by atoms with van der Waals surface area (Å²) in [6, 6.07) is 11.3. The zero-order chi connectivity index (χ0) is 30.6. The standard InChI is InChI=1S/C33H40ClN5O5/c1-3-37-31-29(32(40)38(33(37)41)18-8-20-43-28-11-6-7-19-42-28)39(21-23-12-14-24(34)15-13-23)30(36-31)26-16-17-27(35-22(26)2)44-25-9-4-5-10-25/h12-17,25,28H,3-11,18-21H2,1-2H3. The molecule has 11 heteroatoms. The molecule has 10 nitrogen and oxygen atoms in total. The average molecular weight is 622 g/mol. The Morgan fingerprint density at radius 1 is 0.955 bits per heavy atom. The fourth-order valence-electron chi connectivity index (χ4n) is 6.20. The summed E-state index contributed by atoms with van der Waals surface area (Å²) in [6.45, 7) is 5.87. The Morgan fingerprint density at radius 3 is 2.43 bits per heavy atom. The number of halogens is 1. The molecule has 3 aromatic heterocycles. The van der Waals surface area contributed by atoms with Crippen molar-refractivity contribution in [1.29, 1.82) is 0 Å². The summed E-state index contributed by atoms with van der Waals surface area (Å²) in [5.41, 5.74) is 2.44. The number of nitrogens with zero attached hydrogens (tertiary/aromatic N) is 5. The summed E-state index contributed by atoms with van der Waals surface area (Å²) in [6.07, 6.45) is 7.91. The highest BCUT2D eigenvalue weighted by Gasteiger charge is 2.24. The van der Waals surface area contributed by atoms with Crippen LogP contribution in [0.4, 0.5) is 0 Å². The third-order valence-corrected chi connectivity index (χ3v) is 8.80. The van der Waals surface area contributed by atoms with Gasteiger partial charge >= 0.3 is 5.69 Å². The van der Waals surface area contributed by atoms with E-state index in [9.17, 15) is 9.59 Å². The number of rotatable bonds is 11. The van der Waals surface area contributed by atoms with E-state index < -0.39 is 0 Å². The van der Waals surface area contributed by atoms with E-state index >= 15 is 0 Å². The zero-order valence-electron chi connectivity index (χ0n) is 25.5. The molecular formula is C33H40ClN5O5. The number of benzene rings is 1. The fourth-order valence-corrected chi connectivity index (χ4v) is 6.33. The van der Waals surface area contributed by atoms with Crippen molar-refractivity contribution in [1.82, 2.24) is 23.7 Å². The van der Waals surface area contributed by atoms with Crippen LogP contribution in [-0.2, 0) is 29.1 Å². The van der Waals surface area contributed by atoms with E-state index in [1.54, 1.807) is 4.57 Å². The van der Waals surface area contributed by atoms with Crippen LogP contribution in [0.3, 0.4) is 0 Å². The first kappa shape index (κ1) is 30.6. The molecule has 1 aliphatic carbocycles. The van der Waals surface area contributed by atoms with Crippen LogP contribution in [0.5, 0.6) is 5.88 Å². The van der Waals surface area contributed by atoms with Gasteiger partial charge in [-0.1, -0.05) is 23.7 Å². The fraction of sp³-hybridized carbons (Fsp3) is 0.515. The number of pyridine rings is 1. The number of aromatic nitrogens is 5. The Morgan fingerprint density at radius 2 is 1.73 bits per heavy atom. The molecule has 2 aliphatic rings. The molecule has 0 bridgehead atoms. The predicted octanol–water partition coefficient (Wildman–Crippen LogP) is 5.71. The minimum atomic E-state index is -0.378. The SMILES string of the molecule is CCn1c(=O)n(CCCOC2CCCCO2)c(=O)c2c1nc(-c1ccc(OC3CCCC3)nc1C)n2Cc1ccc(Cl)cc1. The predicted molar refractivity (Wildman–Crippen MR) is 169 cm³/mol. The number of aryl methyl sites for hydroxylation is 2. The molecule has 1 saturated carbocycles. The number of imidazole rings is 1. The lowest BCUT2D eigenvalue weighted by molar-refractivity contribution is -0.163. The van der Waals surface area contributed by atoms with Crippen LogP contribution < -0.4 is 16.0 Å². The van der Waals surface area contributed by atoms with Gasteiger partial charge in [-0.15, -0.1) is 0 Å². The second kappa shape index (κ2) is 13.7. The molecule has 6 rings (SSSR count). The molecule has 234 valence electrons. The molecule has 0 amide bonds. The second-order valence-electron chi connectivity index (χ2n) is 11.6. The molecule has 1 aliphatic heterocycles. The van der Waals surface area contributed by atoms with Crippen molar-refractivity contribution in [3.05, 3.63) is 73.5 Å².